The molecule has 3 heterocycles. The maximum absolute atomic E-state index is 13.2. The summed E-state index contributed by atoms with van der Waals surface area (Å²) in [4.78, 5) is 46.4. The van der Waals surface area contributed by atoms with E-state index in [-0.39, 0.29) is 29.7 Å². The molecule has 1 aromatic carbocycles. The largest absolute Gasteiger partial charge is 0.327 e. The number of benzene rings is 1. The maximum Gasteiger partial charge on any atom is 0.256 e. The van der Waals surface area contributed by atoms with Gasteiger partial charge >= 0.3 is 0 Å². The van der Waals surface area contributed by atoms with Crippen molar-refractivity contribution < 1.29 is 14.4 Å². The van der Waals surface area contributed by atoms with Crippen LogP contribution in [0.25, 0.3) is 0 Å². The van der Waals surface area contributed by atoms with E-state index in [9.17, 15) is 14.4 Å². The molecule has 1 atom stereocenters. The van der Waals surface area contributed by atoms with Crippen molar-refractivity contribution in [1.82, 2.24) is 9.88 Å². The normalized spacial score (nSPS) is 19.1. The van der Waals surface area contributed by atoms with Gasteiger partial charge in [0, 0.05) is 17.3 Å². The fraction of sp³-hybridized carbons (Fsp3) is 0.429. The standard InChI is InChI=1S/C21H24N4O3S/c1-21(2,3)16-12-29-20(22-16)23-17(26)11-25-14-8-5-4-7-13(14)18(27)24-10-6-9-15(24)19(25)28/h4-5,7-8,12,15H,6,9-11H2,1-3H3,(H,22,23,26)/t15-/m1/s1. The predicted molar refractivity (Wildman–Crippen MR) is 112 cm³/mol. The van der Waals surface area contributed by atoms with Crippen LogP contribution in [0.5, 0.6) is 0 Å². The van der Waals surface area contributed by atoms with Gasteiger partial charge in [0.2, 0.25) is 11.8 Å². The molecule has 0 unspecified atom stereocenters. The minimum atomic E-state index is -0.505. The minimum absolute atomic E-state index is 0.106. The van der Waals surface area contributed by atoms with Crippen LogP contribution < -0.4 is 10.2 Å². The third-order valence-corrected chi connectivity index (χ3v) is 6.07. The zero-order valence-corrected chi connectivity index (χ0v) is 17.6. The maximum atomic E-state index is 13.2. The molecule has 0 saturated carbocycles. The van der Waals surface area contributed by atoms with Gasteiger partial charge in [-0.1, -0.05) is 32.9 Å². The molecule has 0 radical (unpaired) electrons. The molecule has 7 nitrogen and oxygen atoms in total. The summed E-state index contributed by atoms with van der Waals surface area (Å²) >= 11 is 1.36. The van der Waals surface area contributed by atoms with Gasteiger partial charge in [-0.15, -0.1) is 11.3 Å². The van der Waals surface area contributed by atoms with E-state index in [0.29, 0.717) is 29.3 Å². The molecular formula is C21H24N4O3S. The van der Waals surface area contributed by atoms with Crippen LogP contribution in [0.1, 0.15) is 49.7 Å². The van der Waals surface area contributed by atoms with Gasteiger partial charge in [-0.2, -0.15) is 0 Å². The highest BCUT2D eigenvalue weighted by atomic mass is 32.1. The first-order chi connectivity index (χ1) is 13.8. The average Bonchev–Trinajstić information content (AvgIpc) is 3.33. The number of carbonyl (C=O) groups is 3. The Bertz CT molecular complexity index is 978. The zero-order chi connectivity index (χ0) is 20.8. The Kier molecular flexibility index (Phi) is 4.90. The lowest BCUT2D eigenvalue weighted by Gasteiger charge is -2.25. The topological polar surface area (TPSA) is 82.6 Å². The SMILES string of the molecule is CC(C)(C)c1csc(NC(=O)CN2C(=O)[C@H]3CCCN3C(=O)c3ccccc32)n1. The van der Waals surface area contributed by atoms with E-state index in [0.717, 1.165) is 12.1 Å². The number of aromatic nitrogens is 1. The quantitative estimate of drug-likeness (QED) is 0.840. The first-order valence-corrected chi connectivity index (χ1v) is 10.6. The number of para-hydroxylation sites is 1. The fourth-order valence-corrected chi connectivity index (χ4v) is 4.70. The molecule has 4 rings (SSSR count). The molecule has 1 fully saturated rings. The molecule has 0 spiro atoms. The van der Waals surface area contributed by atoms with Crippen LogP contribution in [0.4, 0.5) is 10.8 Å². The number of nitrogens with one attached hydrogen (secondary N) is 1. The highest BCUT2D eigenvalue weighted by Crippen LogP contribution is 2.32. The van der Waals surface area contributed by atoms with E-state index in [1.54, 1.807) is 29.2 Å². The van der Waals surface area contributed by atoms with Crippen LogP contribution in [-0.4, -0.2) is 46.7 Å². The fourth-order valence-electron chi connectivity index (χ4n) is 3.75. The van der Waals surface area contributed by atoms with E-state index in [2.05, 4.69) is 31.1 Å². The Morgan fingerprint density at radius 1 is 1.28 bits per heavy atom. The molecule has 2 aliphatic heterocycles. The Labute approximate surface area is 173 Å². The van der Waals surface area contributed by atoms with Gasteiger partial charge in [-0.3, -0.25) is 14.4 Å². The summed E-state index contributed by atoms with van der Waals surface area (Å²) in [5.74, 6) is -0.679. The van der Waals surface area contributed by atoms with Crippen LogP contribution in [-0.2, 0) is 15.0 Å². The van der Waals surface area contributed by atoms with Crippen molar-refractivity contribution in [3.63, 3.8) is 0 Å². The van der Waals surface area contributed by atoms with E-state index < -0.39 is 6.04 Å². The summed E-state index contributed by atoms with van der Waals surface area (Å²) in [6, 6.07) is 6.49. The smallest absolute Gasteiger partial charge is 0.256 e. The van der Waals surface area contributed by atoms with Gasteiger partial charge in [0.1, 0.15) is 12.6 Å². The number of hydrogen-bond donors (Lipinski definition) is 1. The van der Waals surface area contributed by atoms with Crippen molar-refractivity contribution in [2.75, 3.05) is 23.3 Å². The molecule has 0 bridgehead atoms. The van der Waals surface area contributed by atoms with Crippen molar-refractivity contribution >= 4 is 39.9 Å². The summed E-state index contributed by atoms with van der Waals surface area (Å²) in [5, 5.41) is 5.24. The Hall–Kier alpha value is -2.74. The Morgan fingerprint density at radius 3 is 2.76 bits per heavy atom. The average molecular weight is 413 g/mol. The molecule has 2 aromatic rings. The second kappa shape index (κ2) is 7.26. The number of carbonyl (C=O) groups excluding carboxylic acids is 3. The van der Waals surface area contributed by atoms with Gasteiger partial charge in [-0.05, 0) is 25.0 Å². The summed E-state index contributed by atoms with van der Waals surface area (Å²) < 4.78 is 0. The summed E-state index contributed by atoms with van der Waals surface area (Å²) in [7, 11) is 0. The van der Waals surface area contributed by atoms with E-state index in [1.165, 1.54) is 16.2 Å². The van der Waals surface area contributed by atoms with Crippen LogP contribution in [0.15, 0.2) is 29.6 Å². The molecule has 1 aromatic heterocycles. The summed E-state index contributed by atoms with van der Waals surface area (Å²) in [5.41, 5.74) is 1.75. The second-order valence-electron chi connectivity index (χ2n) is 8.43. The number of amides is 3. The minimum Gasteiger partial charge on any atom is -0.327 e. The van der Waals surface area contributed by atoms with Gasteiger partial charge in [0.05, 0.1) is 16.9 Å². The van der Waals surface area contributed by atoms with E-state index in [4.69, 9.17) is 0 Å². The van der Waals surface area contributed by atoms with Crippen LogP contribution in [0.3, 0.4) is 0 Å². The lowest BCUT2D eigenvalue weighted by atomic mass is 9.93. The predicted octanol–water partition coefficient (Wildman–Crippen LogP) is 3.03. The Balaban J connectivity index is 1.59. The molecule has 29 heavy (non-hydrogen) atoms. The highest BCUT2D eigenvalue weighted by Gasteiger charge is 2.42. The van der Waals surface area contributed by atoms with E-state index in [1.807, 2.05) is 5.38 Å². The van der Waals surface area contributed by atoms with Crippen molar-refractivity contribution in [3.8, 4) is 0 Å². The number of nitrogens with zero attached hydrogens (tertiary/aromatic N) is 3. The summed E-state index contributed by atoms with van der Waals surface area (Å²) in [6.07, 6.45) is 1.41. The lowest BCUT2D eigenvalue weighted by molar-refractivity contribution is -0.124. The summed E-state index contributed by atoms with van der Waals surface area (Å²) in [6.45, 7) is 6.59. The van der Waals surface area contributed by atoms with Crippen LogP contribution >= 0.6 is 11.3 Å². The number of anilines is 2. The molecule has 1 N–H and O–H groups in total. The number of thiazole rings is 1. The monoisotopic (exact) mass is 412 g/mol. The van der Waals surface area contributed by atoms with Crippen molar-refractivity contribution in [2.24, 2.45) is 0 Å². The van der Waals surface area contributed by atoms with Gasteiger partial charge < -0.3 is 15.1 Å². The molecule has 1 saturated heterocycles. The highest BCUT2D eigenvalue weighted by molar-refractivity contribution is 7.14. The van der Waals surface area contributed by atoms with Crippen LogP contribution in [0, 0.1) is 0 Å². The Morgan fingerprint density at radius 2 is 2.03 bits per heavy atom. The van der Waals surface area contributed by atoms with Gasteiger partial charge in [0.25, 0.3) is 5.91 Å². The first kappa shape index (κ1) is 19.6. The molecule has 0 aliphatic carbocycles. The first-order valence-electron chi connectivity index (χ1n) is 9.73. The van der Waals surface area contributed by atoms with Crippen molar-refractivity contribution in [2.45, 2.75) is 45.1 Å². The third kappa shape index (κ3) is 3.64. The molecule has 3 amide bonds. The van der Waals surface area contributed by atoms with E-state index >= 15 is 0 Å². The molecular weight excluding hydrogens is 388 g/mol. The second-order valence-corrected chi connectivity index (χ2v) is 9.29. The zero-order valence-electron chi connectivity index (χ0n) is 16.8. The van der Waals surface area contributed by atoms with Gasteiger partial charge in [0.15, 0.2) is 5.13 Å². The number of fused-ring (bicyclic) bond motifs is 2. The number of rotatable bonds is 3. The molecule has 152 valence electrons. The van der Waals surface area contributed by atoms with Crippen LogP contribution in [0.2, 0.25) is 0 Å². The van der Waals surface area contributed by atoms with Crippen molar-refractivity contribution in [1.29, 1.82) is 0 Å². The lowest BCUT2D eigenvalue weighted by Crippen LogP contribution is -2.47. The molecule has 8 heteroatoms. The van der Waals surface area contributed by atoms with Crippen molar-refractivity contribution in [3.05, 3.63) is 40.9 Å². The third-order valence-electron chi connectivity index (χ3n) is 5.31. The molecule has 2 aliphatic rings. The van der Waals surface area contributed by atoms with Gasteiger partial charge in [-0.25, -0.2) is 4.98 Å². The number of hydrogen-bond acceptors (Lipinski definition) is 5.